The van der Waals surface area contributed by atoms with Crippen LogP contribution in [-0.4, -0.2) is 34.3 Å². The van der Waals surface area contributed by atoms with Gasteiger partial charge in [0.15, 0.2) is 0 Å². The van der Waals surface area contributed by atoms with Crippen LogP contribution < -0.4 is 10.6 Å². The molecular weight excluding hydrogens is 238 g/mol. The molecule has 0 spiro atoms. The third-order valence-corrected chi connectivity index (χ3v) is 4.63. The Labute approximate surface area is 115 Å². The number of anilines is 1. The Morgan fingerprint density at radius 1 is 1.21 bits per heavy atom. The summed E-state index contributed by atoms with van der Waals surface area (Å²) in [7, 11) is 0. The lowest BCUT2D eigenvalue weighted by atomic mass is 9.83. The summed E-state index contributed by atoms with van der Waals surface area (Å²) in [5.41, 5.74) is 6.02. The first-order valence-corrected chi connectivity index (χ1v) is 7.65. The minimum atomic E-state index is 0.270. The molecule has 1 atom stereocenters. The standard InChI is InChI=1S/C14H25N5/c1-10-4-6-11(7-5-10)13-16-14(18-17-13)19-8-2-3-12(15)9-19/h10-12H,2-9,15H2,1H3,(H,16,17,18). The van der Waals surface area contributed by atoms with Gasteiger partial charge in [-0.05, 0) is 31.6 Å². The molecule has 3 N–H and O–H groups in total. The van der Waals surface area contributed by atoms with Crippen molar-refractivity contribution in [3.63, 3.8) is 0 Å². The van der Waals surface area contributed by atoms with E-state index in [1.54, 1.807) is 0 Å². The molecule has 2 aliphatic rings. The van der Waals surface area contributed by atoms with Crippen LogP contribution >= 0.6 is 0 Å². The predicted molar refractivity (Wildman–Crippen MR) is 76.2 cm³/mol. The Morgan fingerprint density at radius 3 is 2.74 bits per heavy atom. The maximum absolute atomic E-state index is 6.02. The fourth-order valence-corrected chi connectivity index (χ4v) is 3.31. The van der Waals surface area contributed by atoms with Gasteiger partial charge in [0.05, 0.1) is 0 Å². The van der Waals surface area contributed by atoms with Crippen molar-refractivity contribution in [2.75, 3.05) is 18.0 Å². The van der Waals surface area contributed by atoms with Crippen molar-refractivity contribution in [2.24, 2.45) is 11.7 Å². The molecule has 1 saturated heterocycles. The van der Waals surface area contributed by atoms with Crippen LogP contribution in [0.2, 0.25) is 0 Å². The first-order chi connectivity index (χ1) is 9.22. The third-order valence-electron chi connectivity index (χ3n) is 4.63. The van der Waals surface area contributed by atoms with Gasteiger partial charge in [-0.15, -0.1) is 5.10 Å². The molecule has 3 rings (SSSR count). The molecule has 2 fully saturated rings. The first kappa shape index (κ1) is 12.9. The van der Waals surface area contributed by atoms with Crippen molar-refractivity contribution in [1.29, 1.82) is 0 Å². The van der Waals surface area contributed by atoms with Gasteiger partial charge in [0.1, 0.15) is 5.82 Å². The first-order valence-electron chi connectivity index (χ1n) is 7.65. The van der Waals surface area contributed by atoms with Crippen molar-refractivity contribution in [3.05, 3.63) is 5.82 Å². The molecule has 5 heteroatoms. The molecule has 19 heavy (non-hydrogen) atoms. The van der Waals surface area contributed by atoms with Crippen molar-refractivity contribution in [2.45, 2.75) is 57.4 Å². The van der Waals surface area contributed by atoms with Crippen molar-refractivity contribution in [3.8, 4) is 0 Å². The molecule has 0 amide bonds. The normalized spacial score (nSPS) is 32.5. The number of nitrogens with one attached hydrogen (secondary N) is 1. The highest BCUT2D eigenvalue weighted by Crippen LogP contribution is 2.34. The number of aromatic nitrogens is 3. The van der Waals surface area contributed by atoms with Crippen molar-refractivity contribution in [1.82, 2.24) is 15.2 Å². The fourth-order valence-electron chi connectivity index (χ4n) is 3.31. The molecule has 2 heterocycles. The number of nitrogens with two attached hydrogens (primary N) is 1. The topological polar surface area (TPSA) is 70.8 Å². The zero-order valence-electron chi connectivity index (χ0n) is 11.8. The van der Waals surface area contributed by atoms with E-state index in [4.69, 9.17) is 10.7 Å². The van der Waals surface area contributed by atoms with E-state index in [2.05, 4.69) is 22.0 Å². The number of hydrogen-bond acceptors (Lipinski definition) is 4. The summed E-state index contributed by atoms with van der Waals surface area (Å²) in [6.45, 7) is 4.27. The molecule has 1 aromatic heterocycles. The average Bonchev–Trinajstić information content (AvgIpc) is 2.89. The maximum atomic E-state index is 6.02. The Hall–Kier alpha value is -1.10. The molecule has 1 aromatic rings. The zero-order chi connectivity index (χ0) is 13.2. The zero-order valence-corrected chi connectivity index (χ0v) is 11.8. The van der Waals surface area contributed by atoms with E-state index < -0.39 is 0 Å². The molecule has 0 aromatic carbocycles. The smallest absolute Gasteiger partial charge is 0.244 e. The van der Waals surface area contributed by atoms with Crippen LogP contribution in [0.25, 0.3) is 0 Å². The number of nitrogens with zero attached hydrogens (tertiary/aromatic N) is 3. The lowest BCUT2D eigenvalue weighted by molar-refractivity contribution is 0.340. The van der Waals surface area contributed by atoms with Crippen molar-refractivity contribution >= 4 is 5.95 Å². The second-order valence-electron chi connectivity index (χ2n) is 6.33. The van der Waals surface area contributed by atoms with E-state index in [9.17, 15) is 0 Å². The van der Waals surface area contributed by atoms with E-state index in [1.165, 1.54) is 25.7 Å². The molecule has 0 bridgehead atoms. The molecule has 1 aliphatic carbocycles. The monoisotopic (exact) mass is 263 g/mol. The van der Waals surface area contributed by atoms with Gasteiger partial charge in [-0.25, -0.2) is 0 Å². The van der Waals surface area contributed by atoms with Gasteiger partial charge < -0.3 is 10.6 Å². The Morgan fingerprint density at radius 2 is 2.00 bits per heavy atom. The second kappa shape index (κ2) is 5.49. The molecule has 1 unspecified atom stereocenters. The van der Waals surface area contributed by atoms with Crippen LogP contribution in [0.4, 0.5) is 5.95 Å². The van der Waals surface area contributed by atoms with Gasteiger partial charge in [-0.1, -0.05) is 19.8 Å². The fraction of sp³-hybridized carbons (Fsp3) is 0.857. The van der Waals surface area contributed by atoms with E-state index in [0.717, 1.165) is 43.6 Å². The summed E-state index contributed by atoms with van der Waals surface area (Å²) in [6, 6.07) is 0.270. The minimum Gasteiger partial charge on any atom is -0.338 e. The third kappa shape index (κ3) is 2.91. The summed E-state index contributed by atoms with van der Waals surface area (Å²) >= 11 is 0. The van der Waals surface area contributed by atoms with Gasteiger partial charge in [0.25, 0.3) is 0 Å². The van der Waals surface area contributed by atoms with Gasteiger partial charge in [-0.3, -0.25) is 5.10 Å². The average molecular weight is 263 g/mol. The second-order valence-corrected chi connectivity index (χ2v) is 6.33. The SMILES string of the molecule is CC1CCC(c2nc(N3CCCC(N)C3)n[nH]2)CC1. The lowest BCUT2D eigenvalue weighted by Crippen LogP contribution is -2.43. The summed E-state index contributed by atoms with van der Waals surface area (Å²) in [4.78, 5) is 6.94. The minimum absolute atomic E-state index is 0.270. The van der Waals surface area contributed by atoms with Crippen molar-refractivity contribution < 1.29 is 0 Å². The van der Waals surface area contributed by atoms with E-state index in [-0.39, 0.29) is 6.04 Å². The number of rotatable bonds is 2. The molecule has 1 aliphatic heterocycles. The largest absolute Gasteiger partial charge is 0.338 e. The lowest BCUT2D eigenvalue weighted by Gasteiger charge is -2.29. The molecule has 106 valence electrons. The molecular formula is C14H25N5. The highest BCUT2D eigenvalue weighted by molar-refractivity contribution is 5.30. The number of H-pyrrole nitrogens is 1. The number of aromatic amines is 1. The number of piperidine rings is 1. The van der Waals surface area contributed by atoms with E-state index in [0.29, 0.717) is 5.92 Å². The summed E-state index contributed by atoms with van der Waals surface area (Å²) in [5, 5.41) is 7.56. The molecule has 1 saturated carbocycles. The Kier molecular flexibility index (Phi) is 3.73. The highest BCUT2D eigenvalue weighted by atomic mass is 15.4. The van der Waals surface area contributed by atoms with Crippen LogP contribution in [0.15, 0.2) is 0 Å². The van der Waals surface area contributed by atoms with Gasteiger partial charge >= 0.3 is 0 Å². The summed E-state index contributed by atoms with van der Waals surface area (Å²) in [5.74, 6) is 3.39. The van der Waals surface area contributed by atoms with E-state index >= 15 is 0 Å². The van der Waals surface area contributed by atoms with Crippen LogP contribution in [0, 0.1) is 5.92 Å². The highest BCUT2D eigenvalue weighted by Gasteiger charge is 2.25. The Balaban J connectivity index is 1.65. The van der Waals surface area contributed by atoms with Crippen LogP contribution in [0.5, 0.6) is 0 Å². The van der Waals surface area contributed by atoms with Gasteiger partial charge in [0.2, 0.25) is 5.95 Å². The Bertz CT molecular complexity index is 408. The van der Waals surface area contributed by atoms with Gasteiger partial charge in [-0.2, -0.15) is 4.98 Å². The van der Waals surface area contributed by atoms with Crippen LogP contribution in [0.3, 0.4) is 0 Å². The molecule has 0 radical (unpaired) electrons. The summed E-state index contributed by atoms with van der Waals surface area (Å²) in [6.07, 6.45) is 7.38. The van der Waals surface area contributed by atoms with Crippen LogP contribution in [-0.2, 0) is 0 Å². The number of hydrogen-bond donors (Lipinski definition) is 2. The van der Waals surface area contributed by atoms with Gasteiger partial charge in [0, 0.05) is 25.0 Å². The molecule has 5 nitrogen and oxygen atoms in total. The quantitative estimate of drug-likeness (QED) is 0.856. The van der Waals surface area contributed by atoms with Crippen LogP contribution in [0.1, 0.15) is 57.2 Å². The van der Waals surface area contributed by atoms with E-state index in [1.807, 2.05) is 0 Å². The predicted octanol–water partition coefficient (Wildman–Crippen LogP) is 2.03. The summed E-state index contributed by atoms with van der Waals surface area (Å²) < 4.78 is 0. The maximum Gasteiger partial charge on any atom is 0.244 e.